The maximum absolute atomic E-state index is 4.51. The zero-order chi connectivity index (χ0) is 15.2. The van der Waals surface area contributed by atoms with Gasteiger partial charge in [0, 0.05) is 24.7 Å². The molecule has 0 saturated carbocycles. The summed E-state index contributed by atoms with van der Waals surface area (Å²) in [6.45, 7) is 3.41. The van der Waals surface area contributed by atoms with Gasteiger partial charge in [0.2, 0.25) is 0 Å². The maximum atomic E-state index is 4.51. The summed E-state index contributed by atoms with van der Waals surface area (Å²) in [6, 6.07) is 0. The van der Waals surface area contributed by atoms with Crippen LogP contribution in [0.2, 0.25) is 0 Å². The lowest BCUT2D eigenvalue weighted by molar-refractivity contribution is 0.274. The van der Waals surface area contributed by atoms with Gasteiger partial charge in [-0.25, -0.2) is 4.98 Å². The Bertz CT molecular complexity index is 554. The molecule has 1 saturated heterocycles. The second-order valence-corrected chi connectivity index (χ2v) is 6.86. The van der Waals surface area contributed by atoms with E-state index in [2.05, 4.69) is 25.2 Å². The van der Waals surface area contributed by atoms with Crippen LogP contribution in [0, 0.1) is 5.92 Å². The molecule has 3 rings (SSSR count). The van der Waals surface area contributed by atoms with E-state index >= 15 is 0 Å². The molecule has 5 nitrogen and oxygen atoms in total. The van der Waals surface area contributed by atoms with Gasteiger partial charge in [-0.3, -0.25) is 14.9 Å². The summed E-state index contributed by atoms with van der Waals surface area (Å²) in [5.41, 5.74) is 3.03. The lowest BCUT2D eigenvalue weighted by atomic mass is 9.95. The minimum absolute atomic E-state index is 0.723. The minimum Gasteiger partial charge on any atom is -0.372 e. The molecule has 1 atom stereocenters. The first-order chi connectivity index (χ1) is 10.8. The lowest BCUT2D eigenvalue weighted by Crippen LogP contribution is -2.24. The highest BCUT2D eigenvalue weighted by Crippen LogP contribution is 2.22. The van der Waals surface area contributed by atoms with Crippen molar-refractivity contribution in [1.82, 2.24) is 19.9 Å². The number of hydrogen-bond donors (Lipinski definition) is 1. The van der Waals surface area contributed by atoms with Crippen LogP contribution in [0.3, 0.4) is 0 Å². The van der Waals surface area contributed by atoms with Crippen molar-refractivity contribution in [2.45, 2.75) is 32.2 Å². The van der Waals surface area contributed by atoms with Gasteiger partial charge >= 0.3 is 0 Å². The molecule has 1 fully saturated rings. The van der Waals surface area contributed by atoms with Crippen molar-refractivity contribution < 1.29 is 0 Å². The van der Waals surface area contributed by atoms with Gasteiger partial charge in [0.1, 0.15) is 5.82 Å². The summed E-state index contributed by atoms with van der Waals surface area (Å²) < 4.78 is 0. The third-order valence-electron chi connectivity index (χ3n) is 4.26. The number of thiazole rings is 1. The Kier molecular flexibility index (Phi) is 5.34. The van der Waals surface area contributed by atoms with Gasteiger partial charge in [-0.05, 0) is 44.7 Å². The van der Waals surface area contributed by atoms with Crippen molar-refractivity contribution >= 4 is 17.2 Å². The molecule has 1 aliphatic heterocycles. The van der Waals surface area contributed by atoms with Crippen molar-refractivity contribution in [1.29, 1.82) is 0 Å². The highest BCUT2D eigenvalue weighted by atomic mass is 32.1. The first-order valence-corrected chi connectivity index (χ1v) is 8.80. The Labute approximate surface area is 135 Å². The molecule has 0 amide bonds. The molecular formula is C16H23N5S. The smallest absolute Gasteiger partial charge is 0.144 e. The fraction of sp³-hybridized carbons (Fsp3) is 0.562. The first kappa shape index (κ1) is 15.4. The van der Waals surface area contributed by atoms with Crippen LogP contribution in [0.4, 0.5) is 5.82 Å². The van der Waals surface area contributed by atoms with Gasteiger partial charge in [-0.2, -0.15) is 0 Å². The lowest BCUT2D eigenvalue weighted by Gasteiger charge is -2.19. The number of hydrogen-bond acceptors (Lipinski definition) is 6. The average molecular weight is 317 g/mol. The monoisotopic (exact) mass is 317 g/mol. The maximum Gasteiger partial charge on any atom is 0.144 e. The van der Waals surface area contributed by atoms with Crippen LogP contribution in [0.5, 0.6) is 0 Å². The second kappa shape index (κ2) is 7.65. The van der Waals surface area contributed by atoms with E-state index in [1.165, 1.54) is 37.2 Å². The molecule has 2 aromatic heterocycles. The molecule has 118 valence electrons. The van der Waals surface area contributed by atoms with Crippen LogP contribution in [-0.4, -0.2) is 40.0 Å². The Balaban J connectivity index is 1.51. The van der Waals surface area contributed by atoms with Gasteiger partial charge in [0.05, 0.1) is 23.6 Å². The largest absolute Gasteiger partial charge is 0.372 e. The predicted octanol–water partition coefficient (Wildman–Crippen LogP) is 2.82. The van der Waals surface area contributed by atoms with E-state index in [0.29, 0.717) is 0 Å². The van der Waals surface area contributed by atoms with Gasteiger partial charge in [-0.15, -0.1) is 11.3 Å². The van der Waals surface area contributed by atoms with Crippen molar-refractivity contribution in [2.75, 3.05) is 25.5 Å². The molecule has 6 heteroatoms. The summed E-state index contributed by atoms with van der Waals surface area (Å²) in [7, 11) is 1.87. The molecule has 2 aromatic rings. The van der Waals surface area contributed by atoms with E-state index in [4.69, 9.17) is 0 Å². The summed E-state index contributed by atoms with van der Waals surface area (Å²) >= 11 is 1.75. The van der Waals surface area contributed by atoms with Gasteiger partial charge in [0.25, 0.3) is 0 Å². The van der Waals surface area contributed by atoms with Crippen LogP contribution in [0.25, 0.3) is 0 Å². The Morgan fingerprint density at radius 2 is 2.18 bits per heavy atom. The van der Waals surface area contributed by atoms with Gasteiger partial charge in [-0.1, -0.05) is 0 Å². The van der Waals surface area contributed by atoms with Crippen molar-refractivity contribution in [2.24, 2.45) is 5.92 Å². The van der Waals surface area contributed by atoms with E-state index in [-0.39, 0.29) is 0 Å². The van der Waals surface area contributed by atoms with Crippen LogP contribution in [-0.2, 0) is 13.0 Å². The summed E-state index contributed by atoms with van der Waals surface area (Å²) in [4.78, 5) is 17.0. The third kappa shape index (κ3) is 4.24. The summed E-state index contributed by atoms with van der Waals surface area (Å²) in [5.74, 6) is 1.56. The zero-order valence-electron chi connectivity index (χ0n) is 13.0. The highest BCUT2D eigenvalue weighted by Gasteiger charge is 2.18. The zero-order valence-corrected chi connectivity index (χ0v) is 13.9. The molecule has 0 spiro atoms. The van der Waals surface area contributed by atoms with E-state index in [0.717, 1.165) is 30.4 Å². The van der Waals surface area contributed by atoms with Crippen molar-refractivity contribution in [3.63, 3.8) is 0 Å². The highest BCUT2D eigenvalue weighted by molar-refractivity contribution is 7.09. The first-order valence-electron chi connectivity index (χ1n) is 7.92. The van der Waals surface area contributed by atoms with Crippen LogP contribution >= 0.6 is 11.3 Å². The quantitative estimate of drug-likeness (QED) is 0.919. The number of aromatic nitrogens is 3. The number of nitrogens with one attached hydrogen (secondary N) is 1. The second-order valence-electron chi connectivity index (χ2n) is 5.89. The number of nitrogens with zero attached hydrogens (tertiary/aromatic N) is 4. The molecule has 1 N–H and O–H groups in total. The van der Waals surface area contributed by atoms with Crippen LogP contribution in [0.1, 0.15) is 29.8 Å². The topological polar surface area (TPSA) is 53.9 Å². The van der Waals surface area contributed by atoms with E-state index in [9.17, 15) is 0 Å². The Hall–Kier alpha value is -1.53. The molecule has 0 unspecified atom stereocenters. The average Bonchev–Trinajstić information content (AvgIpc) is 2.96. The Morgan fingerprint density at radius 1 is 1.23 bits per heavy atom. The summed E-state index contributed by atoms with van der Waals surface area (Å²) in [6.07, 6.45) is 10.6. The van der Waals surface area contributed by atoms with Crippen molar-refractivity contribution in [3.8, 4) is 0 Å². The molecule has 0 aliphatic carbocycles. The van der Waals surface area contributed by atoms with E-state index < -0.39 is 0 Å². The van der Waals surface area contributed by atoms with E-state index in [1.54, 1.807) is 11.3 Å². The number of likely N-dealkylation sites (tertiary alicyclic amines) is 1. The Morgan fingerprint density at radius 3 is 2.91 bits per heavy atom. The van der Waals surface area contributed by atoms with Gasteiger partial charge in [0.15, 0.2) is 0 Å². The van der Waals surface area contributed by atoms with Crippen LogP contribution < -0.4 is 5.32 Å². The number of rotatable bonds is 5. The summed E-state index contributed by atoms with van der Waals surface area (Å²) in [5, 5.41) is 3.01. The SMILES string of the molecule is CNc1cnc(C[C@@H]2CCCN(Cc3cncs3)CC2)cn1. The fourth-order valence-corrected chi connectivity index (χ4v) is 3.65. The molecule has 0 aromatic carbocycles. The van der Waals surface area contributed by atoms with Crippen LogP contribution in [0.15, 0.2) is 24.1 Å². The molecule has 0 radical (unpaired) electrons. The molecule has 3 heterocycles. The molecule has 22 heavy (non-hydrogen) atoms. The van der Waals surface area contributed by atoms with Crippen molar-refractivity contribution in [3.05, 3.63) is 34.7 Å². The molecule has 0 bridgehead atoms. The number of anilines is 1. The standard InChI is InChI=1S/C16H23N5S/c1-17-16-10-19-14(8-20-16)7-13-3-2-5-21(6-4-13)11-15-9-18-12-22-15/h8-10,12-13H,2-7,11H2,1H3,(H,17,20)/t13-/m1/s1. The van der Waals surface area contributed by atoms with Gasteiger partial charge < -0.3 is 5.32 Å². The minimum atomic E-state index is 0.723. The predicted molar refractivity (Wildman–Crippen MR) is 90.0 cm³/mol. The third-order valence-corrected chi connectivity index (χ3v) is 5.03. The fourth-order valence-electron chi connectivity index (χ4n) is 3.01. The molecular weight excluding hydrogens is 294 g/mol. The molecule has 1 aliphatic rings. The van der Waals surface area contributed by atoms with E-state index in [1.807, 2.05) is 31.1 Å². The normalized spacial score (nSPS) is 19.8.